The van der Waals surface area contributed by atoms with Crippen LogP contribution in [0.5, 0.6) is 5.75 Å². The number of aromatic nitrogens is 3. The number of pyridine rings is 1. The summed E-state index contributed by atoms with van der Waals surface area (Å²) >= 11 is 0. The predicted molar refractivity (Wildman–Crippen MR) is 132 cm³/mol. The van der Waals surface area contributed by atoms with E-state index in [0.29, 0.717) is 36.7 Å². The molecule has 0 atom stereocenters. The average molecular weight is 471 g/mol. The fourth-order valence-corrected chi connectivity index (χ4v) is 3.29. The van der Waals surface area contributed by atoms with Gasteiger partial charge in [0.05, 0.1) is 0 Å². The van der Waals surface area contributed by atoms with E-state index in [4.69, 9.17) is 4.74 Å². The van der Waals surface area contributed by atoms with Crippen LogP contribution < -0.4 is 20.7 Å². The van der Waals surface area contributed by atoms with E-state index in [9.17, 15) is 9.59 Å². The zero-order valence-electron chi connectivity index (χ0n) is 19.3. The number of imidazole rings is 1. The number of hydrogen-bond donors (Lipinski definition) is 3. The number of nitrogens with one attached hydrogen (secondary N) is 3. The number of carbonyl (C=O) groups is 2. The Balaban J connectivity index is 1.24. The van der Waals surface area contributed by atoms with Crippen LogP contribution in [0.2, 0.25) is 0 Å². The first-order chi connectivity index (χ1) is 17.1. The highest BCUT2D eigenvalue weighted by molar-refractivity contribution is 5.94. The highest BCUT2D eigenvalue weighted by Gasteiger charge is 2.08. The van der Waals surface area contributed by atoms with Crippen molar-refractivity contribution >= 4 is 17.6 Å². The van der Waals surface area contributed by atoms with Gasteiger partial charge >= 0.3 is 6.03 Å². The molecule has 4 rings (SSSR count). The van der Waals surface area contributed by atoms with Gasteiger partial charge in [0, 0.05) is 56.2 Å². The van der Waals surface area contributed by atoms with E-state index in [1.807, 2.05) is 48.1 Å². The molecule has 0 unspecified atom stereocenters. The van der Waals surface area contributed by atoms with Crippen molar-refractivity contribution < 1.29 is 14.3 Å². The molecular formula is C26H26N6O3. The standard InChI is InChI=1S/C26H26N6O3/c1-32-14-13-28-24(32)18-35-23-7-5-21(6-8-23)25(33)29-17-20-3-2-4-22(15-20)31-26(34)30-16-19-9-11-27-12-10-19/h2-15H,16-18H2,1H3,(H,29,33)(H2,30,31,34). The fourth-order valence-electron chi connectivity index (χ4n) is 3.29. The summed E-state index contributed by atoms with van der Waals surface area (Å²) < 4.78 is 7.62. The van der Waals surface area contributed by atoms with Crippen molar-refractivity contribution in [2.24, 2.45) is 7.05 Å². The van der Waals surface area contributed by atoms with Crippen molar-refractivity contribution in [1.29, 1.82) is 0 Å². The Morgan fingerprint density at radius 1 is 0.914 bits per heavy atom. The van der Waals surface area contributed by atoms with Crippen LogP contribution in [0.3, 0.4) is 0 Å². The van der Waals surface area contributed by atoms with Crippen LogP contribution in [0.4, 0.5) is 10.5 Å². The molecule has 3 amide bonds. The van der Waals surface area contributed by atoms with Crippen molar-refractivity contribution in [1.82, 2.24) is 25.2 Å². The Morgan fingerprint density at radius 2 is 1.69 bits per heavy atom. The maximum Gasteiger partial charge on any atom is 0.319 e. The van der Waals surface area contributed by atoms with Gasteiger partial charge in [-0.1, -0.05) is 12.1 Å². The third-order valence-corrected chi connectivity index (χ3v) is 5.25. The van der Waals surface area contributed by atoms with Crippen LogP contribution in [0.1, 0.15) is 27.3 Å². The van der Waals surface area contributed by atoms with Crippen LogP contribution in [0.15, 0.2) is 85.5 Å². The number of hydrogen-bond acceptors (Lipinski definition) is 5. The van der Waals surface area contributed by atoms with Gasteiger partial charge in [-0.05, 0) is 59.7 Å². The van der Waals surface area contributed by atoms with Gasteiger partial charge in [0.2, 0.25) is 0 Å². The highest BCUT2D eigenvalue weighted by Crippen LogP contribution is 2.15. The molecule has 9 nitrogen and oxygen atoms in total. The number of benzene rings is 2. The van der Waals surface area contributed by atoms with E-state index in [-0.39, 0.29) is 11.9 Å². The van der Waals surface area contributed by atoms with Crippen LogP contribution in [-0.2, 0) is 26.7 Å². The topological polar surface area (TPSA) is 110 Å². The van der Waals surface area contributed by atoms with Gasteiger partial charge in [0.25, 0.3) is 5.91 Å². The maximum absolute atomic E-state index is 12.6. The molecule has 178 valence electrons. The smallest absolute Gasteiger partial charge is 0.319 e. The van der Waals surface area contributed by atoms with E-state index in [0.717, 1.165) is 17.0 Å². The predicted octanol–water partition coefficient (Wildman–Crippen LogP) is 3.65. The Labute approximate surface area is 203 Å². The lowest BCUT2D eigenvalue weighted by molar-refractivity contribution is 0.0951. The Bertz CT molecular complexity index is 1270. The van der Waals surface area contributed by atoms with Gasteiger partial charge in [0.15, 0.2) is 0 Å². The molecule has 2 aromatic carbocycles. The van der Waals surface area contributed by atoms with Gasteiger partial charge < -0.3 is 25.3 Å². The van der Waals surface area contributed by atoms with Crippen LogP contribution >= 0.6 is 0 Å². The van der Waals surface area contributed by atoms with Crippen molar-refractivity contribution in [3.63, 3.8) is 0 Å². The second kappa shape index (κ2) is 11.5. The minimum Gasteiger partial charge on any atom is -0.486 e. The SMILES string of the molecule is Cn1ccnc1COc1ccc(C(=O)NCc2cccc(NC(=O)NCc3ccncc3)c2)cc1. The number of rotatable bonds is 9. The molecule has 0 fully saturated rings. The minimum absolute atomic E-state index is 0.200. The molecule has 3 N–H and O–H groups in total. The molecule has 0 saturated heterocycles. The number of ether oxygens (including phenoxy) is 1. The number of aryl methyl sites for hydroxylation is 1. The van der Waals surface area contributed by atoms with E-state index < -0.39 is 0 Å². The van der Waals surface area contributed by atoms with Crippen LogP contribution in [0, 0.1) is 0 Å². The lowest BCUT2D eigenvalue weighted by atomic mass is 10.1. The van der Waals surface area contributed by atoms with Crippen molar-refractivity contribution in [2.45, 2.75) is 19.7 Å². The van der Waals surface area contributed by atoms with Crippen LogP contribution in [0.25, 0.3) is 0 Å². The Morgan fingerprint density at radius 3 is 2.43 bits per heavy atom. The second-order valence-corrected chi connectivity index (χ2v) is 7.81. The summed E-state index contributed by atoms with van der Waals surface area (Å²) in [4.78, 5) is 32.9. The van der Waals surface area contributed by atoms with Gasteiger partial charge in [-0.25, -0.2) is 9.78 Å². The molecular weight excluding hydrogens is 444 g/mol. The zero-order valence-corrected chi connectivity index (χ0v) is 19.3. The maximum atomic E-state index is 12.6. The third kappa shape index (κ3) is 6.91. The van der Waals surface area contributed by atoms with Gasteiger partial charge in [-0.2, -0.15) is 0 Å². The molecule has 2 aromatic heterocycles. The highest BCUT2D eigenvalue weighted by atomic mass is 16.5. The number of amides is 3. The molecule has 4 aromatic rings. The second-order valence-electron chi connectivity index (χ2n) is 7.81. The summed E-state index contributed by atoms with van der Waals surface area (Å²) in [6.45, 7) is 1.07. The van der Waals surface area contributed by atoms with Crippen LogP contribution in [-0.4, -0.2) is 26.5 Å². The first kappa shape index (κ1) is 23.5. The Kier molecular flexibility index (Phi) is 7.70. The summed E-state index contributed by atoms with van der Waals surface area (Å²) in [6, 6.07) is 17.6. The summed E-state index contributed by atoms with van der Waals surface area (Å²) in [5, 5.41) is 8.50. The molecule has 0 spiro atoms. The summed E-state index contributed by atoms with van der Waals surface area (Å²) in [5.74, 6) is 1.27. The molecule has 0 radical (unpaired) electrons. The number of anilines is 1. The Hall–Kier alpha value is -4.66. The zero-order chi connectivity index (χ0) is 24.5. The summed E-state index contributed by atoms with van der Waals surface area (Å²) in [5.41, 5.74) is 2.98. The minimum atomic E-state index is -0.312. The van der Waals surface area contributed by atoms with Crippen molar-refractivity contribution in [3.8, 4) is 5.75 Å². The molecule has 0 bridgehead atoms. The molecule has 0 aliphatic heterocycles. The lowest BCUT2D eigenvalue weighted by Gasteiger charge is -2.10. The monoisotopic (exact) mass is 470 g/mol. The van der Waals surface area contributed by atoms with E-state index in [1.54, 1.807) is 48.9 Å². The summed E-state index contributed by atoms with van der Waals surface area (Å²) in [7, 11) is 1.91. The molecule has 9 heteroatoms. The lowest BCUT2D eigenvalue weighted by Crippen LogP contribution is -2.28. The fraction of sp³-hybridized carbons (Fsp3) is 0.154. The molecule has 2 heterocycles. The van der Waals surface area contributed by atoms with Crippen molar-refractivity contribution in [2.75, 3.05) is 5.32 Å². The first-order valence-electron chi connectivity index (χ1n) is 11.1. The molecule has 0 aliphatic rings. The molecule has 0 saturated carbocycles. The largest absolute Gasteiger partial charge is 0.486 e. The summed E-state index contributed by atoms with van der Waals surface area (Å²) in [6.07, 6.45) is 6.94. The normalized spacial score (nSPS) is 10.4. The first-order valence-corrected chi connectivity index (χ1v) is 11.1. The van der Waals surface area contributed by atoms with Gasteiger partial charge in [-0.3, -0.25) is 9.78 Å². The van der Waals surface area contributed by atoms with Gasteiger partial charge in [-0.15, -0.1) is 0 Å². The third-order valence-electron chi connectivity index (χ3n) is 5.25. The van der Waals surface area contributed by atoms with E-state index in [2.05, 4.69) is 25.9 Å². The van der Waals surface area contributed by atoms with Gasteiger partial charge in [0.1, 0.15) is 18.2 Å². The molecule has 35 heavy (non-hydrogen) atoms. The average Bonchev–Trinajstić information content (AvgIpc) is 3.30. The number of nitrogens with zero attached hydrogens (tertiary/aromatic N) is 3. The van der Waals surface area contributed by atoms with Crippen molar-refractivity contribution in [3.05, 3.63) is 108 Å². The number of carbonyl (C=O) groups excluding carboxylic acids is 2. The number of urea groups is 1. The van der Waals surface area contributed by atoms with E-state index >= 15 is 0 Å². The quantitative estimate of drug-likeness (QED) is 0.346. The van der Waals surface area contributed by atoms with E-state index in [1.165, 1.54) is 0 Å². The molecule has 0 aliphatic carbocycles.